The number of hydrogen-bond acceptors (Lipinski definition) is 7. The molecule has 0 unspecified atom stereocenters. The van der Waals surface area contributed by atoms with Crippen molar-refractivity contribution in [3.8, 4) is 5.82 Å². The zero-order valence-corrected chi connectivity index (χ0v) is 15.3. The van der Waals surface area contributed by atoms with Gasteiger partial charge in [-0.1, -0.05) is 0 Å². The molecule has 0 amide bonds. The van der Waals surface area contributed by atoms with Gasteiger partial charge in [-0.15, -0.1) is 5.10 Å². The molecule has 3 aromatic rings. The minimum absolute atomic E-state index is 0.0534. The van der Waals surface area contributed by atoms with Crippen LogP contribution in [-0.2, 0) is 0 Å². The Hall–Kier alpha value is -3.27. The van der Waals surface area contributed by atoms with Crippen LogP contribution in [0.4, 0.5) is 32.1 Å². The third-order valence-electron chi connectivity index (χ3n) is 4.62. The van der Waals surface area contributed by atoms with E-state index >= 15 is 0 Å². The number of likely N-dealkylation sites (N-methyl/N-ethyl adjacent to an activating group) is 1. The van der Waals surface area contributed by atoms with Crippen LogP contribution in [0.3, 0.4) is 0 Å². The summed E-state index contributed by atoms with van der Waals surface area (Å²) >= 11 is 0. The first-order valence-electron chi connectivity index (χ1n) is 8.84. The van der Waals surface area contributed by atoms with E-state index in [0.717, 1.165) is 44.0 Å². The molecule has 0 aliphatic carbocycles. The molecule has 0 saturated carbocycles. The number of pyridine rings is 1. The van der Waals surface area contributed by atoms with Gasteiger partial charge in [0.15, 0.2) is 5.82 Å². The molecule has 0 bridgehead atoms. The molecule has 1 saturated heterocycles. The third kappa shape index (κ3) is 3.72. The number of nitrogen functional groups attached to an aromatic ring is 1. The van der Waals surface area contributed by atoms with Gasteiger partial charge in [-0.25, -0.2) is 13.8 Å². The lowest BCUT2D eigenvalue weighted by atomic mass is 10.2. The molecular formula is C18H20F2N8. The van der Waals surface area contributed by atoms with Crippen molar-refractivity contribution in [2.45, 2.75) is 0 Å². The minimum Gasteiger partial charge on any atom is -0.369 e. The molecule has 4 rings (SSSR count). The summed E-state index contributed by atoms with van der Waals surface area (Å²) in [5.74, 6) is -0.701. The molecule has 3 heterocycles. The van der Waals surface area contributed by atoms with Crippen LogP contribution in [0.15, 0.2) is 36.5 Å². The van der Waals surface area contributed by atoms with Gasteiger partial charge < -0.3 is 20.9 Å². The van der Waals surface area contributed by atoms with E-state index in [9.17, 15) is 8.78 Å². The summed E-state index contributed by atoms with van der Waals surface area (Å²) in [6.45, 7) is 3.81. The lowest BCUT2D eigenvalue weighted by Crippen LogP contribution is -2.44. The molecule has 3 N–H and O–H groups in total. The zero-order chi connectivity index (χ0) is 19.7. The summed E-state index contributed by atoms with van der Waals surface area (Å²) in [5, 5.41) is 6.96. The highest BCUT2D eigenvalue weighted by Crippen LogP contribution is 2.22. The quantitative estimate of drug-likeness (QED) is 0.709. The molecule has 146 valence electrons. The van der Waals surface area contributed by atoms with Crippen LogP contribution in [0.25, 0.3) is 5.82 Å². The van der Waals surface area contributed by atoms with Crippen LogP contribution in [0.1, 0.15) is 0 Å². The molecule has 2 aromatic heterocycles. The standard InChI is InChI=1S/C18H20F2N8/c1-26-6-8-27(9-7-26)13-4-5-22-16(11-13)28-17(21)24-18(25-28)23-15-3-2-12(19)10-14(15)20/h2-5,10-11H,6-9H2,1H3,(H3,21,23,24,25). The first-order chi connectivity index (χ1) is 13.5. The molecule has 1 aliphatic heterocycles. The van der Waals surface area contributed by atoms with Gasteiger partial charge in [-0.2, -0.15) is 9.67 Å². The number of hydrogen-bond donors (Lipinski definition) is 2. The van der Waals surface area contributed by atoms with Crippen LogP contribution in [0.5, 0.6) is 0 Å². The summed E-state index contributed by atoms with van der Waals surface area (Å²) < 4.78 is 28.3. The summed E-state index contributed by atoms with van der Waals surface area (Å²) in [7, 11) is 2.10. The molecule has 1 aromatic carbocycles. The predicted octanol–water partition coefficient (Wildman–Crippen LogP) is 2.02. The van der Waals surface area contributed by atoms with E-state index < -0.39 is 11.6 Å². The Labute approximate surface area is 160 Å². The molecule has 1 fully saturated rings. The SMILES string of the molecule is CN1CCN(c2ccnc(-n3nc(Nc4ccc(F)cc4F)nc3N)c2)CC1. The van der Waals surface area contributed by atoms with Gasteiger partial charge in [-0.3, -0.25) is 0 Å². The van der Waals surface area contributed by atoms with Crippen LogP contribution < -0.4 is 16.0 Å². The van der Waals surface area contributed by atoms with Crippen LogP contribution in [0.2, 0.25) is 0 Å². The number of nitrogens with one attached hydrogen (secondary N) is 1. The predicted molar refractivity (Wildman–Crippen MR) is 103 cm³/mol. The molecule has 28 heavy (non-hydrogen) atoms. The van der Waals surface area contributed by atoms with Gasteiger partial charge >= 0.3 is 0 Å². The van der Waals surface area contributed by atoms with Crippen molar-refractivity contribution in [3.63, 3.8) is 0 Å². The Bertz CT molecular complexity index is 981. The van der Waals surface area contributed by atoms with E-state index in [2.05, 4.69) is 37.2 Å². The van der Waals surface area contributed by atoms with Crippen LogP contribution in [-0.4, -0.2) is 57.9 Å². The monoisotopic (exact) mass is 386 g/mol. The highest BCUT2D eigenvalue weighted by Gasteiger charge is 2.17. The van der Waals surface area contributed by atoms with Gasteiger partial charge in [0.2, 0.25) is 11.9 Å². The molecular weight excluding hydrogens is 366 g/mol. The van der Waals surface area contributed by atoms with E-state index in [4.69, 9.17) is 5.73 Å². The van der Waals surface area contributed by atoms with Crippen molar-refractivity contribution in [3.05, 3.63) is 48.2 Å². The van der Waals surface area contributed by atoms with Gasteiger partial charge in [0.1, 0.15) is 11.6 Å². The second kappa shape index (κ2) is 7.39. The Morgan fingerprint density at radius 1 is 1.07 bits per heavy atom. The second-order valence-electron chi connectivity index (χ2n) is 6.62. The summed E-state index contributed by atoms with van der Waals surface area (Å²) in [5.41, 5.74) is 7.05. The Kier molecular flexibility index (Phi) is 4.78. The second-order valence-corrected chi connectivity index (χ2v) is 6.62. The highest BCUT2D eigenvalue weighted by atomic mass is 19.1. The molecule has 0 radical (unpaired) electrons. The van der Waals surface area contributed by atoms with E-state index in [1.807, 2.05) is 12.1 Å². The number of aromatic nitrogens is 4. The minimum atomic E-state index is -0.745. The molecule has 0 spiro atoms. The molecule has 8 nitrogen and oxygen atoms in total. The number of nitrogens with two attached hydrogens (primary N) is 1. The molecule has 0 atom stereocenters. The maximum Gasteiger partial charge on any atom is 0.248 e. The molecule has 10 heteroatoms. The lowest BCUT2D eigenvalue weighted by Gasteiger charge is -2.34. The Morgan fingerprint density at radius 2 is 1.86 bits per heavy atom. The lowest BCUT2D eigenvalue weighted by molar-refractivity contribution is 0.313. The smallest absolute Gasteiger partial charge is 0.248 e. The van der Waals surface area contributed by atoms with Crippen LogP contribution >= 0.6 is 0 Å². The van der Waals surface area contributed by atoms with Crippen molar-refractivity contribution in [1.82, 2.24) is 24.6 Å². The van der Waals surface area contributed by atoms with Crippen molar-refractivity contribution in [2.24, 2.45) is 0 Å². The topological polar surface area (TPSA) is 88.1 Å². The molecule has 1 aliphatic rings. The Balaban J connectivity index is 1.57. The van der Waals surface area contributed by atoms with Crippen molar-refractivity contribution >= 4 is 23.3 Å². The fourth-order valence-electron chi connectivity index (χ4n) is 3.04. The normalized spacial score (nSPS) is 15.0. The maximum absolute atomic E-state index is 13.8. The highest BCUT2D eigenvalue weighted by molar-refractivity contribution is 5.56. The summed E-state index contributed by atoms with van der Waals surface area (Å²) in [4.78, 5) is 13.0. The third-order valence-corrected chi connectivity index (χ3v) is 4.62. The van der Waals surface area contributed by atoms with Crippen molar-refractivity contribution < 1.29 is 8.78 Å². The number of anilines is 4. The van der Waals surface area contributed by atoms with Gasteiger partial charge in [0.05, 0.1) is 5.69 Å². The number of benzene rings is 1. The van der Waals surface area contributed by atoms with Gasteiger partial charge in [-0.05, 0) is 25.2 Å². The van der Waals surface area contributed by atoms with E-state index in [-0.39, 0.29) is 17.6 Å². The van der Waals surface area contributed by atoms with Crippen molar-refractivity contribution in [2.75, 3.05) is 49.2 Å². The Morgan fingerprint density at radius 3 is 2.61 bits per heavy atom. The number of halogens is 2. The fourth-order valence-corrected chi connectivity index (χ4v) is 3.04. The summed E-state index contributed by atoms with van der Waals surface area (Å²) in [6, 6.07) is 7.03. The largest absolute Gasteiger partial charge is 0.369 e. The van der Waals surface area contributed by atoms with Crippen molar-refractivity contribution in [1.29, 1.82) is 0 Å². The number of piperazine rings is 1. The van der Waals surface area contributed by atoms with E-state index in [1.54, 1.807) is 6.20 Å². The van der Waals surface area contributed by atoms with E-state index in [1.165, 1.54) is 10.7 Å². The summed E-state index contributed by atoms with van der Waals surface area (Å²) in [6.07, 6.45) is 1.69. The number of nitrogens with zero attached hydrogens (tertiary/aromatic N) is 6. The van der Waals surface area contributed by atoms with Gasteiger partial charge in [0.25, 0.3) is 0 Å². The van der Waals surface area contributed by atoms with Gasteiger partial charge in [0, 0.05) is 50.2 Å². The fraction of sp³-hybridized carbons (Fsp3) is 0.278. The number of rotatable bonds is 4. The average Bonchev–Trinajstić information content (AvgIpc) is 3.05. The van der Waals surface area contributed by atoms with E-state index in [0.29, 0.717) is 5.82 Å². The van der Waals surface area contributed by atoms with Crippen LogP contribution in [0, 0.1) is 11.6 Å². The first-order valence-corrected chi connectivity index (χ1v) is 8.84. The maximum atomic E-state index is 13.8. The average molecular weight is 386 g/mol. The first kappa shape index (κ1) is 18.1. The zero-order valence-electron chi connectivity index (χ0n) is 15.3.